The Hall–Kier alpha value is -0.370. The third-order valence-corrected chi connectivity index (χ3v) is 3.21. The first-order valence-electron chi connectivity index (χ1n) is 6.35. The maximum atomic E-state index is 11.8. The number of carbonyl (C=O) groups is 1. The molecule has 94 valence electrons. The SMILES string of the molecule is CC(C)(C)C[C@H]1CC(=O)CN(C(C)(C)C)C1. The first kappa shape index (κ1) is 13.7. The van der Waals surface area contributed by atoms with Crippen LogP contribution >= 0.6 is 0 Å². The Kier molecular flexibility index (Phi) is 3.83. The number of rotatable bonds is 1. The number of likely N-dealkylation sites (tertiary alicyclic amines) is 1. The summed E-state index contributed by atoms with van der Waals surface area (Å²) in [4.78, 5) is 14.1. The predicted octanol–water partition coefficient (Wildman–Crippen LogP) is 3.11. The molecule has 1 aliphatic heterocycles. The fourth-order valence-electron chi connectivity index (χ4n) is 2.55. The second kappa shape index (κ2) is 4.48. The minimum absolute atomic E-state index is 0.117. The molecule has 0 spiro atoms. The highest BCUT2D eigenvalue weighted by molar-refractivity contribution is 5.81. The summed E-state index contributed by atoms with van der Waals surface area (Å²) in [5, 5.41) is 0. The van der Waals surface area contributed by atoms with Crippen molar-refractivity contribution < 1.29 is 4.79 Å². The summed E-state index contributed by atoms with van der Waals surface area (Å²) >= 11 is 0. The summed E-state index contributed by atoms with van der Waals surface area (Å²) < 4.78 is 0. The Labute approximate surface area is 100 Å². The van der Waals surface area contributed by atoms with Gasteiger partial charge in [0.2, 0.25) is 0 Å². The highest BCUT2D eigenvalue weighted by Gasteiger charge is 2.33. The molecule has 1 heterocycles. The molecule has 0 N–H and O–H groups in total. The molecule has 1 aliphatic rings. The maximum Gasteiger partial charge on any atom is 0.147 e. The minimum atomic E-state index is 0.117. The molecular weight excluding hydrogens is 198 g/mol. The van der Waals surface area contributed by atoms with Gasteiger partial charge in [0.15, 0.2) is 0 Å². The van der Waals surface area contributed by atoms with Crippen molar-refractivity contribution in [1.29, 1.82) is 0 Å². The van der Waals surface area contributed by atoms with E-state index in [0.717, 1.165) is 19.4 Å². The summed E-state index contributed by atoms with van der Waals surface area (Å²) in [6.45, 7) is 15.1. The Balaban J connectivity index is 2.65. The van der Waals surface area contributed by atoms with Crippen molar-refractivity contribution in [3.63, 3.8) is 0 Å². The quantitative estimate of drug-likeness (QED) is 0.683. The number of carbonyl (C=O) groups excluding carboxylic acids is 1. The molecule has 0 aromatic rings. The third-order valence-electron chi connectivity index (χ3n) is 3.21. The normalized spacial score (nSPS) is 24.9. The van der Waals surface area contributed by atoms with Gasteiger partial charge in [0.1, 0.15) is 5.78 Å². The highest BCUT2D eigenvalue weighted by atomic mass is 16.1. The summed E-state index contributed by atoms with van der Waals surface area (Å²) in [5.74, 6) is 0.955. The third kappa shape index (κ3) is 4.25. The number of hydrogen-bond donors (Lipinski definition) is 0. The van der Waals surface area contributed by atoms with E-state index in [1.807, 2.05) is 0 Å². The molecule has 0 saturated carbocycles. The lowest BCUT2D eigenvalue weighted by atomic mass is 9.80. The van der Waals surface area contributed by atoms with Gasteiger partial charge in [0.25, 0.3) is 0 Å². The van der Waals surface area contributed by atoms with Crippen molar-refractivity contribution in [2.24, 2.45) is 11.3 Å². The molecule has 0 amide bonds. The second-order valence-corrected chi connectivity index (χ2v) is 7.42. The Morgan fingerprint density at radius 3 is 2.19 bits per heavy atom. The van der Waals surface area contributed by atoms with E-state index < -0.39 is 0 Å². The van der Waals surface area contributed by atoms with Gasteiger partial charge in [0.05, 0.1) is 6.54 Å². The van der Waals surface area contributed by atoms with E-state index in [2.05, 4.69) is 46.4 Å². The van der Waals surface area contributed by atoms with E-state index >= 15 is 0 Å². The van der Waals surface area contributed by atoms with Crippen LogP contribution in [0.3, 0.4) is 0 Å². The van der Waals surface area contributed by atoms with Gasteiger partial charge >= 0.3 is 0 Å². The van der Waals surface area contributed by atoms with Crippen LogP contribution in [0.25, 0.3) is 0 Å². The van der Waals surface area contributed by atoms with Gasteiger partial charge in [-0.3, -0.25) is 9.69 Å². The molecule has 2 nitrogen and oxygen atoms in total. The van der Waals surface area contributed by atoms with Crippen molar-refractivity contribution >= 4 is 5.78 Å². The van der Waals surface area contributed by atoms with E-state index in [9.17, 15) is 4.79 Å². The van der Waals surface area contributed by atoms with Crippen molar-refractivity contribution in [2.45, 2.75) is 59.9 Å². The van der Waals surface area contributed by atoms with Crippen molar-refractivity contribution in [3.05, 3.63) is 0 Å². The van der Waals surface area contributed by atoms with E-state index in [1.54, 1.807) is 0 Å². The van der Waals surface area contributed by atoms with Crippen LogP contribution < -0.4 is 0 Å². The molecule has 0 aromatic heterocycles. The van der Waals surface area contributed by atoms with Crippen LogP contribution in [0.15, 0.2) is 0 Å². The maximum absolute atomic E-state index is 11.8. The zero-order valence-corrected chi connectivity index (χ0v) is 11.8. The Bertz CT molecular complexity index is 257. The van der Waals surface area contributed by atoms with Gasteiger partial charge in [-0.1, -0.05) is 20.8 Å². The first-order chi connectivity index (χ1) is 7.08. The van der Waals surface area contributed by atoms with Gasteiger partial charge in [-0.05, 0) is 38.5 Å². The summed E-state index contributed by atoms with van der Waals surface area (Å²) in [5.41, 5.74) is 0.443. The van der Waals surface area contributed by atoms with E-state index in [-0.39, 0.29) is 5.54 Å². The van der Waals surface area contributed by atoms with E-state index in [0.29, 0.717) is 23.7 Å². The lowest BCUT2D eigenvalue weighted by Crippen LogP contribution is -2.51. The molecular formula is C14H27NO. The van der Waals surface area contributed by atoms with E-state index in [4.69, 9.17) is 0 Å². The van der Waals surface area contributed by atoms with Crippen LogP contribution in [0.5, 0.6) is 0 Å². The Morgan fingerprint density at radius 2 is 1.75 bits per heavy atom. The zero-order valence-electron chi connectivity index (χ0n) is 11.8. The molecule has 0 unspecified atom stereocenters. The topological polar surface area (TPSA) is 20.3 Å². The molecule has 0 radical (unpaired) electrons. The van der Waals surface area contributed by atoms with Gasteiger partial charge in [-0.2, -0.15) is 0 Å². The van der Waals surface area contributed by atoms with Crippen LogP contribution in [0, 0.1) is 11.3 Å². The largest absolute Gasteiger partial charge is 0.298 e. The van der Waals surface area contributed by atoms with Crippen LogP contribution in [-0.4, -0.2) is 29.3 Å². The predicted molar refractivity (Wildman–Crippen MR) is 68.5 cm³/mol. The average molecular weight is 225 g/mol. The molecule has 0 bridgehead atoms. The Morgan fingerprint density at radius 1 is 1.19 bits per heavy atom. The minimum Gasteiger partial charge on any atom is -0.298 e. The molecule has 0 aliphatic carbocycles. The molecule has 1 saturated heterocycles. The monoisotopic (exact) mass is 225 g/mol. The zero-order chi connectivity index (χ0) is 12.6. The number of piperidine rings is 1. The molecule has 1 atom stereocenters. The van der Waals surface area contributed by atoms with Crippen LogP contribution in [-0.2, 0) is 4.79 Å². The summed E-state index contributed by atoms with van der Waals surface area (Å²) in [6.07, 6.45) is 1.93. The van der Waals surface area contributed by atoms with Crippen LogP contribution in [0.2, 0.25) is 0 Å². The van der Waals surface area contributed by atoms with Crippen LogP contribution in [0.1, 0.15) is 54.4 Å². The molecule has 2 heteroatoms. The van der Waals surface area contributed by atoms with Gasteiger partial charge < -0.3 is 0 Å². The highest BCUT2D eigenvalue weighted by Crippen LogP contribution is 2.31. The smallest absolute Gasteiger partial charge is 0.147 e. The standard InChI is InChI=1S/C14H27NO/c1-13(2,3)8-11-7-12(16)10-15(9-11)14(4,5)6/h11H,7-10H2,1-6H3/t11-/m1/s1. The molecule has 16 heavy (non-hydrogen) atoms. The lowest BCUT2D eigenvalue weighted by Gasteiger charge is -2.42. The van der Waals surface area contributed by atoms with Crippen molar-refractivity contribution in [3.8, 4) is 0 Å². The van der Waals surface area contributed by atoms with Gasteiger partial charge in [0, 0.05) is 18.5 Å². The number of Topliss-reactive ketones (excluding diaryl/α,β-unsaturated/α-hetero) is 1. The number of nitrogens with zero attached hydrogens (tertiary/aromatic N) is 1. The molecule has 1 rings (SSSR count). The molecule has 1 fully saturated rings. The number of hydrogen-bond acceptors (Lipinski definition) is 2. The first-order valence-corrected chi connectivity index (χ1v) is 6.35. The van der Waals surface area contributed by atoms with Crippen molar-refractivity contribution in [1.82, 2.24) is 4.90 Å². The fraction of sp³-hybridized carbons (Fsp3) is 0.929. The van der Waals surface area contributed by atoms with Gasteiger partial charge in [-0.15, -0.1) is 0 Å². The second-order valence-electron chi connectivity index (χ2n) is 7.42. The summed E-state index contributed by atoms with van der Waals surface area (Å²) in [6, 6.07) is 0. The van der Waals surface area contributed by atoms with E-state index in [1.165, 1.54) is 0 Å². The lowest BCUT2D eigenvalue weighted by molar-refractivity contribution is -0.126. The van der Waals surface area contributed by atoms with Crippen molar-refractivity contribution in [2.75, 3.05) is 13.1 Å². The average Bonchev–Trinajstić information content (AvgIpc) is 1.97. The van der Waals surface area contributed by atoms with Crippen LogP contribution in [0.4, 0.5) is 0 Å². The fourth-order valence-corrected chi connectivity index (χ4v) is 2.55. The summed E-state index contributed by atoms with van der Waals surface area (Å²) in [7, 11) is 0. The molecule has 0 aromatic carbocycles. The number of ketones is 1. The van der Waals surface area contributed by atoms with Gasteiger partial charge in [-0.25, -0.2) is 0 Å².